The average Bonchev–Trinajstić information content (AvgIpc) is 1.83. The molecule has 5 heteroatoms. The van der Waals surface area contributed by atoms with Crippen molar-refractivity contribution in [3.63, 3.8) is 0 Å². The van der Waals surface area contributed by atoms with Crippen molar-refractivity contribution in [3.05, 3.63) is 27.4 Å². The Morgan fingerprint density at radius 2 is 2.44 bits per heavy atom. The summed E-state index contributed by atoms with van der Waals surface area (Å²) in [4.78, 5) is 13.3. The number of nitrogens with zero attached hydrogens (tertiary/aromatic N) is 1. The number of rotatable bonds is 0. The van der Waals surface area contributed by atoms with Crippen molar-refractivity contribution in [3.8, 4) is 0 Å². The quantitative estimate of drug-likeness (QED) is 0.646. The zero-order valence-corrected chi connectivity index (χ0v) is 6.70. The summed E-state index contributed by atoms with van der Waals surface area (Å²) in [6, 6.07) is 1.38. The van der Waals surface area contributed by atoms with E-state index in [9.17, 15) is 4.79 Å². The van der Waals surface area contributed by atoms with Gasteiger partial charge in [-0.3, -0.25) is 4.79 Å². The fourth-order valence-electron chi connectivity index (χ4n) is 0.406. The van der Waals surface area contributed by atoms with Crippen molar-refractivity contribution in [2.75, 3.05) is 0 Å². The van der Waals surface area contributed by atoms with Crippen LogP contribution in [0.3, 0.4) is 0 Å². The van der Waals surface area contributed by atoms with Gasteiger partial charge in [-0.05, 0) is 12.2 Å². The SMILES string of the molecule is O=c1cc[nH]c(=S)n1Br. The number of hydrogen-bond donors (Lipinski definition) is 1. The summed E-state index contributed by atoms with van der Waals surface area (Å²) < 4.78 is 1.55. The van der Waals surface area contributed by atoms with Crippen LogP contribution in [0.25, 0.3) is 0 Å². The highest BCUT2D eigenvalue weighted by molar-refractivity contribution is 9.08. The molecule has 48 valence electrons. The number of hydrogen-bond acceptors (Lipinski definition) is 2. The fraction of sp³-hybridized carbons (Fsp3) is 0. The van der Waals surface area contributed by atoms with Gasteiger partial charge in [-0.15, -0.1) is 0 Å². The Morgan fingerprint density at radius 3 is 2.89 bits per heavy atom. The topological polar surface area (TPSA) is 37.8 Å². The van der Waals surface area contributed by atoms with Crippen LogP contribution >= 0.6 is 28.4 Å². The van der Waals surface area contributed by atoms with E-state index in [1.807, 2.05) is 0 Å². The highest BCUT2D eigenvalue weighted by atomic mass is 79.9. The fourth-order valence-corrected chi connectivity index (χ4v) is 0.785. The molecular formula is C4H3BrN2OS. The molecule has 0 unspecified atom stereocenters. The van der Waals surface area contributed by atoms with Gasteiger partial charge in [0, 0.05) is 12.3 Å². The normalized spacial score (nSPS) is 9.44. The highest BCUT2D eigenvalue weighted by Gasteiger charge is 1.87. The molecule has 1 aromatic rings. The lowest BCUT2D eigenvalue weighted by Crippen LogP contribution is -2.11. The maximum absolute atomic E-state index is 10.7. The highest BCUT2D eigenvalue weighted by Crippen LogP contribution is 1.85. The van der Waals surface area contributed by atoms with E-state index in [1.165, 1.54) is 15.9 Å². The summed E-state index contributed by atoms with van der Waals surface area (Å²) in [5.74, 6) is 0. The van der Waals surface area contributed by atoms with Crippen LogP contribution in [0.15, 0.2) is 17.1 Å². The molecule has 3 nitrogen and oxygen atoms in total. The van der Waals surface area contributed by atoms with Crippen molar-refractivity contribution < 1.29 is 0 Å². The third-order valence-electron chi connectivity index (χ3n) is 0.805. The number of nitrogens with one attached hydrogen (secondary N) is 1. The van der Waals surface area contributed by atoms with E-state index in [0.29, 0.717) is 4.77 Å². The predicted molar refractivity (Wildman–Crippen MR) is 40.2 cm³/mol. The van der Waals surface area contributed by atoms with Gasteiger partial charge in [0.1, 0.15) is 0 Å². The first-order valence-electron chi connectivity index (χ1n) is 2.19. The van der Waals surface area contributed by atoms with E-state index in [1.54, 1.807) is 0 Å². The second kappa shape index (κ2) is 2.45. The van der Waals surface area contributed by atoms with Gasteiger partial charge in [-0.25, -0.2) is 3.59 Å². The molecule has 0 radical (unpaired) electrons. The molecule has 1 aromatic heterocycles. The molecule has 0 saturated carbocycles. The lowest BCUT2D eigenvalue weighted by atomic mass is 10.7. The molecule has 0 fully saturated rings. The molecule has 1 N–H and O–H groups in total. The molecule has 0 aliphatic heterocycles. The van der Waals surface area contributed by atoms with Gasteiger partial charge in [0.2, 0.25) is 0 Å². The maximum atomic E-state index is 10.7. The van der Waals surface area contributed by atoms with E-state index in [4.69, 9.17) is 12.2 Å². The Morgan fingerprint density at radius 1 is 1.78 bits per heavy atom. The summed E-state index contributed by atoms with van der Waals surface area (Å²) >= 11 is 7.65. The minimum Gasteiger partial charge on any atom is -0.338 e. The summed E-state index contributed by atoms with van der Waals surface area (Å²) in [7, 11) is 0. The smallest absolute Gasteiger partial charge is 0.264 e. The van der Waals surface area contributed by atoms with Crippen LogP contribution in [0.2, 0.25) is 0 Å². The van der Waals surface area contributed by atoms with Crippen molar-refractivity contribution in [2.24, 2.45) is 0 Å². The maximum Gasteiger partial charge on any atom is 0.264 e. The Hall–Kier alpha value is -0.420. The van der Waals surface area contributed by atoms with Crippen molar-refractivity contribution in [1.82, 2.24) is 8.58 Å². The van der Waals surface area contributed by atoms with Gasteiger partial charge in [-0.2, -0.15) is 0 Å². The van der Waals surface area contributed by atoms with Gasteiger partial charge < -0.3 is 4.98 Å². The lowest BCUT2D eigenvalue weighted by molar-refractivity contribution is 1.04. The molecule has 0 atom stereocenters. The first-order chi connectivity index (χ1) is 4.22. The summed E-state index contributed by atoms with van der Waals surface area (Å²) in [5, 5.41) is 0. The minimum absolute atomic E-state index is 0.168. The summed E-state index contributed by atoms with van der Waals surface area (Å²) in [6.45, 7) is 0. The first kappa shape index (κ1) is 6.70. The van der Waals surface area contributed by atoms with Crippen LogP contribution in [0.1, 0.15) is 0 Å². The van der Waals surface area contributed by atoms with Crippen LogP contribution in [-0.2, 0) is 0 Å². The third kappa shape index (κ3) is 1.28. The molecule has 0 saturated heterocycles. The molecule has 0 aliphatic carbocycles. The van der Waals surface area contributed by atoms with Gasteiger partial charge in [0.15, 0.2) is 4.77 Å². The molecule has 1 heterocycles. The van der Waals surface area contributed by atoms with Crippen LogP contribution in [0.4, 0.5) is 0 Å². The largest absolute Gasteiger partial charge is 0.338 e. The van der Waals surface area contributed by atoms with Crippen molar-refractivity contribution >= 4 is 28.4 Å². The molecule has 0 aliphatic rings. The Balaban J connectivity index is 3.62. The van der Waals surface area contributed by atoms with E-state index >= 15 is 0 Å². The lowest BCUT2D eigenvalue weighted by Gasteiger charge is -1.88. The van der Waals surface area contributed by atoms with E-state index in [-0.39, 0.29) is 5.56 Å². The Kier molecular flexibility index (Phi) is 1.82. The van der Waals surface area contributed by atoms with E-state index < -0.39 is 0 Å². The second-order valence-electron chi connectivity index (χ2n) is 1.40. The van der Waals surface area contributed by atoms with Crippen LogP contribution in [0, 0.1) is 4.77 Å². The third-order valence-corrected chi connectivity index (χ3v) is 2.04. The summed E-state index contributed by atoms with van der Waals surface area (Å²) in [5.41, 5.74) is -0.168. The Bertz CT molecular complexity index is 287. The number of aromatic nitrogens is 2. The summed E-state index contributed by atoms with van der Waals surface area (Å²) in [6.07, 6.45) is 1.50. The van der Waals surface area contributed by atoms with Crippen LogP contribution in [0.5, 0.6) is 0 Å². The number of aromatic amines is 1. The van der Waals surface area contributed by atoms with Crippen molar-refractivity contribution in [2.45, 2.75) is 0 Å². The van der Waals surface area contributed by atoms with Gasteiger partial charge in [0.25, 0.3) is 5.56 Å². The molecule has 0 aromatic carbocycles. The predicted octanol–water partition coefficient (Wildman–Crippen LogP) is 1.06. The molecule has 0 spiro atoms. The molecule has 0 bridgehead atoms. The average molecular weight is 207 g/mol. The van der Waals surface area contributed by atoms with E-state index in [0.717, 1.165) is 0 Å². The standard InChI is InChI=1S/C4H3BrN2OS/c5-7-3(8)1-2-6-4(7)9/h1-2H,(H,6,9). The number of H-pyrrole nitrogens is 1. The zero-order valence-electron chi connectivity index (χ0n) is 4.30. The second-order valence-corrected chi connectivity index (χ2v) is 2.50. The zero-order chi connectivity index (χ0) is 6.85. The van der Waals surface area contributed by atoms with Crippen molar-refractivity contribution in [1.29, 1.82) is 0 Å². The monoisotopic (exact) mass is 206 g/mol. The molecule has 9 heavy (non-hydrogen) atoms. The number of halogens is 1. The Labute approximate surface area is 64.7 Å². The molecule has 0 amide bonds. The van der Waals surface area contributed by atoms with Gasteiger partial charge in [-0.1, -0.05) is 0 Å². The van der Waals surface area contributed by atoms with Gasteiger partial charge in [0.05, 0.1) is 16.1 Å². The van der Waals surface area contributed by atoms with Crippen LogP contribution < -0.4 is 5.56 Å². The van der Waals surface area contributed by atoms with Gasteiger partial charge >= 0.3 is 0 Å². The molecular weight excluding hydrogens is 204 g/mol. The van der Waals surface area contributed by atoms with E-state index in [2.05, 4.69) is 21.1 Å². The molecule has 1 rings (SSSR count). The minimum atomic E-state index is -0.168. The first-order valence-corrected chi connectivity index (χ1v) is 3.30. The van der Waals surface area contributed by atoms with Crippen LogP contribution in [-0.4, -0.2) is 8.58 Å².